The van der Waals surface area contributed by atoms with Crippen molar-refractivity contribution in [3.05, 3.63) is 17.0 Å². The highest BCUT2D eigenvalue weighted by Gasteiger charge is 2.15. The molecule has 0 radical (unpaired) electrons. The minimum Gasteiger partial charge on any atom is -0.356 e. The molecule has 0 saturated carbocycles. The van der Waals surface area contributed by atoms with Crippen LogP contribution in [0.5, 0.6) is 0 Å². The molecule has 2 heterocycles. The molecular formula is C12H16N4O2S. The number of aromatic nitrogens is 3. The summed E-state index contributed by atoms with van der Waals surface area (Å²) in [4.78, 5) is 20.8. The van der Waals surface area contributed by atoms with Gasteiger partial charge in [-0.1, -0.05) is 18.5 Å². The van der Waals surface area contributed by atoms with Gasteiger partial charge in [0, 0.05) is 6.54 Å². The molecule has 19 heavy (non-hydrogen) atoms. The van der Waals surface area contributed by atoms with E-state index in [1.165, 1.54) is 11.3 Å². The summed E-state index contributed by atoms with van der Waals surface area (Å²) in [6, 6.07) is 0. The summed E-state index contributed by atoms with van der Waals surface area (Å²) >= 11 is 1.44. The molecule has 0 aromatic carbocycles. The van der Waals surface area contributed by atoms with Crippen molar-refractivity contribution in [1.29, 1.82) is 0 Å². The molecule has 0 aliphatic carbocycles. The van der Waals surface area contributed by atoms with E-state index in [2.05, 4.69) is 27.4 Å². The maximum atomic E-state index is 11.6. The van der Waals surface area contributed by atoms with Crippen LogP contribution in [-0.4, -0.2) is 27.6 Å². The summed E-state index contributed by atoms with van der Waals surface area (Å²) in [7, 11) is 0. The van der Waals surface area contributed by atoms with Crippen LogP contribution in [-0.2, 0) is 11.2 Å². The SMILES string of the molecule is CCCCNC(=O)Cc1noc(-c2scnc2C)n1. The van der Waals surface area contributed by atoms with Crippen LogP contribution in [0.2, 0.25) is 0 Å². The maximum Gasteiger partial charge on any atom is 0.269 e. The van der Waals surface area contributed by atoms with Crippen molar-refractivity contribution in [2.24, 2.45) is 0 Å². The van der Waals surface area contributed by atoms with Gasteiger partial charge in [-0.05, 0) is 13.3 Å². The number of carbonyl (C=O) groups is 1. The first-order chi connectivity index (χ1) is 9.20. The predicted octanol–water partition coefficient (Wildman–Crippen LogP) is 1.96. The van der Waals surface area contributed by atoms with E-state index in [0.29, 0.717) is 18.3 Å². The van der Waals surface area contributed by atoms with Crippen molar-refractivity contribution in [3.8, 4) is 10.8 Å². The van der Waals surface area contributed by atoms with Gasteiger partial charge in [0.15, 0.2) is 5.82 Å². The van der Waals surface area contributed by atoms with Crippen LogP contribution in [0.4, 0.5) is 0 Å². The molecule has 102 valence electrons. The summed E-state index contributed by atoms with van der Waals surface area (Å²) in [6.45, 7) is 4.65. The number of aryl methyl sites for hydroxylation is 1. The third-order valence-corrected chi connectivity index (χ3v) is 3.50. The molecule has 0 saturated heterocycles. The molecule has 2 aromatic heterocycles. The predicted molar refractivity (Wildman–Crippen MR) is 71.8 cm³/mol. The fraction of sp³-hybridized carbons (Fsp3) is 0.500. The Labute approximate surface area is 115 Å². The van der Waals surface area contributed by atoms with Crippen LogP contribution in [0.3, 0.4) is 0 Å². The minimum atomic E-state index is -0.0816. The number of unbranched alkanes of at least 4 members (excludes halogenated alkanes) is 1. The number of nitrogens with zero attached hydrogens (tertiary/aromatic N) is 3. The zero-order valence-electron chi connectivity index (χ0n) is 11.0. The lowest BCUT2D eigenvalue weighted by atomic mass is 10.3. The maximum absolute atomic E-state index is 11.6. The highest BCUT2D eigenvalue weighted by atomic mass is 32.1. The number of rotatable bonds is 6. The number of nitrogens with one attached hydrogen (secondary N) is 1. The van der Waals surface area contributed by atoms with E-state index in [-0.39, 0.29) is 12.3 Å². The normalized spacial score (nSPS) is 10.6. The first-order valence-electron chi connectivity index (χ1n) is 6.20. The quantitative estimate of drug-likeness (QED) is 0.818. The van der Waals surface area contributed by atoms with Gasteiger partial charge in [-0.15, -0.1) is 11.3 Å². The fourth-order valence-corrected chi connectivity index (χ4v) is 2.26. The van der Waals surface area contributed by atoms with Gasteiger partial charge < -0.3 is 9.84 Å². The monoisotopic (exact) mass is 280 g/mol. The minimum absolute atomic E-state index is 0.0816. The molecule has 0 spiro atoms. The molecule has 1 amide bonds. The van der Waals surface area contributed by atoms with E-state index in [1.54, 1.807) is 5.51 Å². The Hall–Kier alpha value is -1.76. The summed E-state index contributed by atoms with van der Waals surface area (Å²) in [5.74, 6) is 0.745. The first kappa shape index (κ1) is 13.7. The average molecular weight is 280 g/mol. The Morgan fingerprint density at radius 1 is 1.53 bits per heavy atom. The van der Waals surface area contributed by atoms with E-state index in [4.69, 9.17) is 4.52 Å². The third-order valence-electron chi connectivity index (χ3n) is 2.58. The molecule has 0 fully saturated rings. The van der Waals surface area contributed by atoms with Crippen molar-refractivity contribution in [2.75, 3.05) is 6.54 Å². The van der Waals surface area contributed by atoms with Crippen molar-refractivity contribution in [1.82, 2.24) is 20.4 Å². The van der Waals surface area contributed by atoms with Gasteiger partial charge in [0.2, 0.25) is 5.91 Å². The first-order valence-corrected chi connectivity index (χ1v) is 7.08. The van der Waals surface area contributed by atoms with E-state index >= 15 is 0 Å². The zero-order chi connectivity index (χ0) is 13.7. The summed E-state index contributed by atoms with van der Waals surface area (Å²) in [6.07, 6.45) is 2.17. The molecule has 1 N–H and O–H groups in total. The smallest absolute Gasteiger partial charge is 0.269 e. The largest absolute Gasteiger partial charge is 0.356 e. The van der Waals surface area contributed by atoms with Crippen molar-refractivity contribution >= 4 is 17.2 Å². The lowest BCUT2D eigenvalue weighted by Gasteiger charge is -2.00. The second-order valence-electron chi connectivity index (χ2n) is 4.16. The molecule has 2 rings (SSSR count). The fourth-order valence-electron chi connectivity index (χ4n) is 1.54. The summed E-state index contributed by atoms with van der Waals surface area (Å²) in [5, 5.41) is 6.63. The molecule has 0 aliphatic rings. The molecule has 0 atom stereocenters. The number of hydrogen-bond acceptors (Lipinski definition) is 6. The Morgan fingerprint density at radius 2 is 2.37 bits per heavy atom. The molecule has 0 aliphatic heterocycles. The molecule has 6 nitrogen and oxygen atoms in total. The molecular weight excluding hydrogens is 264 g/mol. The third kappa shape index (κ3) is 3.60. The van der Waals surface area contributed by atoms with E-state index < -0.39 is 0 Å². The van der Waals surface area contributed by atoms with Gasteiger partial charge in [0.05, 0.1) is 17.6 Å². The second-order valence-corrected chi connectivity index (χ2v) is 5.02. The molecule has 0 bridgehead atoms. The second kappa shape index (κ2) is 6.42. The van der Waals surface area contributed by atoms with Crippen molar-refractivity contribution in [3.63, 3.8) is 0 Å². The molecule has 0 unspecified atom stereocenters. The van der Waals surface area contributed by atoms with E-state index in [1.807, 2.05) is 6.92 Å². The number of thiazole rings is 1. The summed E-state index contributed by atoms with van der Waals surface area (Å²) < 4.78 is 5.15. The standard InChI is InChI=1S/C12H16N4O2S/c1-3-4-5-13-10(17)6-9-15-12(18-16-9)11-8(2)14-7-19-11/h7H,3-6H2,1-2H3,(H,13,17). The number of hydrogen-bond donors (Lipinski definition) is 1. The van der Waals surface area contributed by atoms with Crippen LogP contribution < -0.4 is 5.32 Å². The van der Waals surface area contributed by atoms with Gasteiger partial charge in [0.25, 0.3) is 5.89 Å². The van der Waals surface area contributed by atoms with Crippen LogP contribution in [0.25, 0.3) is 10.8 Å². The van der Waals surface area contributed by atoms with Gasteiger partial charge in [-0.2, -0.15) is 4.98 Å². The van der Waals surface area contributed by atoms with Gasteiger partial charge in [0.1, 0.15) is 4.88 Å². The Balaban J connectivity index is 1.94. The Bertz CT molecular complexity index is 549. The van der Waals surface area contributed by atoms with Crippen LogP contribution >= 0.6 is 11.3 Å². The van der Waals surface area contributed by atoms with Gasteiger partial charge in [-0.3, -0.25) is 4.79 Å². The Morgan fingerprint density at radius 3 is 3.05 bits per heavy atom. The molecule has 7 heteroatoms. The number of carbonyl (C=O) groups excluding carboxylic acids is 1. The topological polar surface area (TPSA) is 80.9 Å². The lowest BCUT2D eigenvalue weighted by molar-refractivity contribution is -0.120. The van der Waals surface area contributed by atoms with Crippen molar-refractivity contribution < 1.29 is 9.32 Å². The van der Waals surface area contributed by atoms with Crippen LogP contribution in [0.1, 0.15) is 31.3 Å². The summed E-state index contributed by atoms with van der Waals surface area (Å²) in [5.41, 5.74) is 2.58. The van der Waals surface area contributed by atoms with E-state index in [0.717, 1.165) is 23.4 Å². The van der Waals surface area contributed by atoms with E-state index in [9.17, 15) is 4.79 Å². The number of amides is 1. The lowest BCUT2D eigenvalue weighted by Crippen LogP contribution is -2.26. The van der Waals surface area contributed by atoms with Gasteiger partial charge in [-0.25, -0.2) is 4.98 Å². The molecule has 2 aromatic rings. The highest BCUT2D eigenvalue weighted by Crippen LogP contribution is 2.25. The van der Waals surface area contributed by atoms with Crippen LogP contribution in [0, 0.1) is 6.92 Å². The van der Waals surface area contributed by atoms with Crippen LogP contribution in [0.15, 0.2) is 10.0 Å². The zero-order valence-corrected chi connectivity index (χ0v) is 11.8. The Kier molecular flexibility index (Phi) is 4.62. The average Bonchev–Trinajstić information content (AvgIpc) is 2.98. The highest BCUT2D eigenvalue weighted by molar-refractivity contribution is 7.13. The van der Waals surface area contributed by atoms with Crippen molar-refractivity contribution in [2.45, 2.75) is 33.1 Å². The van der Waals surface area contributed by atoms with Gasteiger partial charge >= 0.3 is 0 Å².